The number of nitrogens with one attached hydrogen (secondary N) is 3. The number of hydrogen-bond donors (Lipinski definition) is 3. The van der Waals surface area contributed by atoms with E-state index in [4.69, 9.17) is 9.47 Å². The number of aromatic nitrogens is 1. The largest absolute Gasteiger partial charge is 0.493 e. The van der Waals surface area contributed by atoms with Crippen molar-refractivity contribution in [3.05, 3.63) is 57.7 Å². The van der Waals surface area contributed by atoms with Crippen molar-refractivity contribution >= 4 is 32.9 Å². The Morgan fingerprint density at radius 1 is 1.07 bits per heavy atom. The fourth-order valence-corrected chi connectivity index (χ4v) is 3.55. The van der Waals surface area contributed by atoms with Gasteiger partial charge in [0.15, 0.2) is 11.5 Å². The summed E-state index contributed by atoms with van der Waals surface area (Å²) in [5.41, 5.74) is 4.44. The third-order valence-corrected chi connectivity index (χ3v) is 5.33. The molecular weight excluding hydrogens is 422 g/mol. The summed E-state index contributed by atoms with van der Waals surface area (Å²) < 4.78 is 11.4. The van der Waals surface area contributed by atoms with Gasteiger partial charge in [0.25, 0.3) is 0 Å². The molecule has 0 saturated heterocycles. The van der Waals surface area contributed by atoms with E-state index < -0.39 is 0 Å². The van der Waals surface area contributed by atoms with Gasteiger partial charge < -0.3 is 25.1 Å². The van der Waals surface area contributed by atoms with E-state index in [1.54, 1.807) is 14.2 Å². The maximum atomic E-state index is 12.1. The van der Waals surface area contributed by atoms with Gasteiger partial charge in [-0.2, -0.15) is 0 Å². The standard InChI is InChI=1S/C21H24BrN3O3/c1-13-4-5-16-14(11-24-18(16)8-13)6-7-23-21(26)25-12-15-9-19(27-2)20(28-3)10-17(15)22/h4-5,8-11,24H,6-7,12H2,1-3H3,(H2,23,25,26). The Hall–Kier alpha value is -2.67. The molecule has 28 heavy (non-hydrogen) atoms. The minimum Gasteiger partial charge on any atom is -0.493 e. The molecule has 0 aliphatic rings. The molecule has 3 rings (SSSR count). The zero-order valence-electron chi connectivity index (χ0n) is 16.2. The molecule has 7 heteroatoms. The van der Waals surface area contributed by atoms with Crippen LogP contribution in [0.4, 0.5) is 4.79 Å². The van der Waals surface area contributed by atoms with Gasteiger partial charge in [-0.15, -0.1) is 0 Å². The predicted molar refractivity (Wildman–Crippen MR) is 114 cm³/mol. The Balaban J connectivity index is 1.52. The van der Waals surface area contributed by atoms with Crippen LogP contribution in [-0.2, 0) is 13.0 Å². The fourth-order valence-electron chi connectivity index (χ4n) is 3.09. The second-order valence-electron chi connectivity index (χ2n) is 6.52. The van der Waals surface area contributed by atoms with Gasteiger partial charge in [-0.1, -0.05) is 28.1 Å². The molecule has 0 aliphatic carbocycles. The zero-order valence-corrected chi connectivity index (χ0v) is 17.8. The van der Waals surface area contributed by atoms with Crippen LogP contribution in [0.2, 0.25) is 0 Å². The van der Waals surface area contributed by atoms with E-state index in [0.717, 1.165) is 22.0 Å². The number of hydrogen-bond acceptors (Lipinski definition) is 3. The Labute approximate surface area is 172 Å². The van der Waals surface area contributed by atoms with Crippen LogP contribution in [0.3, 0.4) is 0 Å². The summed E-state index contributed by atoms with van der Waals surface area (Å²) in [6.45, 7) is 3.00. The number of rotatable bonds is 7. The normalized spacial score (nSPS) is 10.7. The number of urea groups is 1. The average Bonchev–Trinajstić information content (AvgIpc) is 3.08. The van der Waals surface area contributed by atoms with Gasteiger partial charge in [-0.25, -0.2) is 4.79 Å². The van der Waals surface area contributed by atoms with Crippen molar-refractivity contribution in [2.75, 3.05) is 20.8 Å². The highest BCUT2D eigenvalue weighted by molar-refractivity contribution is 9.10. The number of carbonyl (C=O) groups is 1. The van der Waals surface area contributed by atoms with Crippen LogP contribution in [0.5, 0.6) is 11.5 Å². The van der Waals surface area contributed by atoms with E-state index in [-0.39, 0.29) is 6.03 Å². The molecule has 1 heterocycles. The van der Waals surface area contributed by atoms with Crippen molar-refractivity contribution in [1.29, 1.82) is 0 Å². The number of benzene rings is 2. The Kier molecular flexibility index (Phi) is 6.46. The second-order valence-corrected chi connectivity index (χ2v) is 7.38. The van der Waals surface area contributed by atoms with Crippen molar-refractivity contribution in [1.82, 2.24) is 15.6 Å². The molecule has 148 valence electrons. The van der Waals surface area contributed by atoms with Gasteiger partial charge in [-0.05, 0) is 48.2 Å². The first kappa shape index (κ1) is 20.1. The molecule has 6 nitrogen and oxygen atoms in total. The molecule has 3 N–H and O–H groups in total. The molecule has 2 aromatic carbocycles. The van der Waals surface area contributed by atoms with E-state index in [1.807, 2.05) is 18.3 Å². The van der Waals surface area contributed by atoms with Gasteiger partial charge in [0.1, 0.15) is 0 Å². The van der Waals surface area contributed by atoms with E-state index in [2.05, 4.69) is 56.7 Å². The summed E-state index contributed by atoms with van der Waals surface area (Å²) in [7, 11) is 3.17. The van der Waals surface area contributed by atoms with Gasteiger partial charge in [0, 0.05) is 34.7 Å². The summed E-state index contributed by atoms with van der Waals surface area (Å²) in [6, 6.07) is 9.80. The second kappa shape index (κ2) is 9.01. The number of methoxy groups -OCH3 is 2. The van der Waals surface area contributed by atoms with Crippen LogP contribution in [0.15, 0.2) is 41.0 Å². The molecule has 0 atom stereocenters. The van der Waals surface area contributed by atoms with Gasteiger partial charge in [0.2, 0.25) is 0 Å². The van der Waals surface area contributed by atoms with E-state index in [0.29, 0.717) is 24.6 Å². The topological polar surface area (TPSA) is 75.4 Å². The highest BCUT2D eigenvalue weighted by atomic mass is 79.9. The van der Waals surface area contributed by atoms with Crippen molar-refractivity contribution in [2.45, 2.75) is 19.9 Å². The number of aryl methyl sites for hydroxylation is 1. The lowest BCUT2D eigenvalue weighted by molar-refractivity contribution is 0.240. The van der Waals surface area contributed by atoms with E-state index >= 15 is 0 Å². The molecule has 0 spiro atoms. The SMILES string of the molecule is COc1cc(Br)c(CNC(=O)NCCc2c[nH]c3cc(C)ccc23)cc1OC. The minimum atomic E-state index is -0.211. The predicted octanol–water partition coefficient (Wildman–Crippen LogP) is 4.30. The fraction of sp³-hybridized carbons (Fsp3) is 0.286. The summed E-state index contributed by atoms with van der Waals surface area (Å²) in [6.07, 6.45) is 2.76. The molecule has 0 saturated carbocycles. The first-order chi connectivity index (χ1) is 13.5. The van der Waals surface area contributed by atoms with Gasteiger partial charge >= 0.3 is 6.03 Å². The lowest BCUT2D eigenvalue weighted by Crippen LogP contribution is -2.36. The summed E-state index contributed by atoms with van der Waals surface area (Å²) >= 11 is 3.50. The van der Waals surface area contributed by atoms with Crippen LogP contribution < -0.4 is 20.1 Å². The van der Waals surface area contributed by atoms with Crippen molar-refractivity contribution in [2.24, 2.45) is 0 Å². The van der Waals surface area contributed by atoms with Crippen molar-refractivity contribution in [3.8, 4) is 11.5 Å². The minimum absolute atomic E-state index is 0.211. The monoisotopic (exact) mass is 445 g/mol. The first-order valence-corrected chi connectivity index (χ1v) is 9.80. The molecular formula is C21H24BrN3O3. The highest BCUT2D eigenvalue weighted by Gasteiger charge is 2.11. The van der Waals surface area contributed by atoms with E-state index in [9.17, 15) is 4.79 Å². The first-order valence-electron chi connectivity index (χ1n) is 9.00. The average molecular weight is 446 g/mol. The maximum absolute atomic E-state index is 12.1. The molecule has 1 aromatic heterocycles. The molecule has 0 aliphatic heterocycles. The Bertz CT molecular complexity index is 984. The molecule has 2 amide bonds. The lowest BCUT2D eigenvalue weighted by atomic mass is 10.1. The number of amides is 2. The third-order valence-electron chi connectivity index (χ3n) is 4.59. The van der Waals surface area contributed by atoms with Crippen LogP contribution in [-0.4, -0.2) is 31.8 Å². The Morgan fingerprint density at radius 3 is 2.57 bits per heavy atom. The third kappa shape index (κ3) is 4.59. The molecule has 0 unspecified atom stereocenters. The number of halogens is 1. The summed E-state index contributed by atoms with van der Waals surface area (Å²) in [4.78, 5) is 15.4. The van der Waals surface area contributed by atoms with Crippen LogP contribution >= 0.6 is 15.9 Å². The van der Waals surface area contributed by atoms with Crippen molar-refractivity contribution in [3.63, 3.8) is 0 Å². The number of ether oxygens (including phenoxy) is 2. The lowest BCUT2D eigenvalue weighted by Gasteiger charge is -2.13. The van der Waals surface area contributed by atoms with Crippen molar-refractivity contribution < 1.29 is 14.3 Å². The number of carbonyl (C=O) groups excluding carboxylic acids is 1. The quantitative estimate of drug-likeness (QED) is 0.507. The number of aromatic amines is 1. The smallest absolute Gasteiger partial charge is 0.315 e. The zero-order chi connectivity index (χ0) is 20.1. The van der Waals surface area contributed by atoms with E-state index in [1.165, 1.54) is 16.5 Å². The molecule has 0 bridgehead atoms. The molecule has 0 radical (unpaired) electrons. The summed E-state index contributed by atoms with van der Waals surface area (Å²) in [5.74, 6) is 1.26. The summed E-state index contributed by atoms with van der Waals surface area (Å²) in [5, 5.41) is 6.97. The van der Waals surface area contributed by atoms with Gasteiger partial charge in [0.05, 0.1) is 14.2 Å². The Morgan fingerprint density at radius 2 is 1.82 bits per heavy atom. The molecule has 0 fully saturated rings. The number of H-pyrrole nitrogens is 1. The molecule has 3 aromatic rings. The van der Waals surface area contributed by atoms with Crippen LogP contribution in [0.25, 0.3) is 10.9 Å². The van der Waals surface area contributed by atoms with Gasteiger partial charge in [-0.3, -0.25) is 0 Å². The number of fused-ring (bicyclic) bond motifs is 1. The van der Waals surface area contributed by atoms with Crippen LogP contribution in [0.1, 0.15) is 16.7 Å². The maximum Gasteiger partial charge on any atom is 0.315 e. The van der Waals surface area contributed by atoms with Crippen LogP contribution in [0, 0.1) is 6.92 Å². The highest BCUT2D eigenvalue weighted by Crippen LogP contribution is 2.33.